The largest absolute Gasteiger partial charge is 0.560 e. The van der Waals surface area contributed by atoms with Gasteiger partial charge in [0.05, 0.1) is 12.8 Å². The summed E-state index contributed by atoms with van der Waals surface area (Å²) in [6.45, 7) is 10.5. The van der Waals surface area contributed by atoms with Crippen molar-refractivity contribution in [2.24, 2.45) is 12.0 Å². The van der Waals surface area contributed by atoms with Gasteiger partial charge in [-0.2, -0.15) is 0 Å². The molecule has 1 aromatic heterocycles. The number of aromatic nitrogens is 2. The van der Waals surface area contributed by atoms with Crippen molar-refractivity contribution in [2.45, 2.75) is 63.7 Å². The molecule has 9 heteroatoms. The van der Waals surface area contributed by atoms with E-state index in [0.717, 1.165) is 29.1 Å². The van der Waals surface area contributed by atoms with Gasteiger partial charge in [-0.15, -0.1) is 0 Å². The maximum Gasteiger partial charge on any atom is 0.331 e. The number of methoxy groups -OCH3 is 1. The molecule has 0 fully saturated rings. The highest BCUT2D eigenvalue weighted by Gasteiger charge is 2.39. The van der Waals surface area contributed by atoms with Crippen LogP contribution in [-0.4, -0.2) is 56.2 Å². The number of imidazole rings is 1. The van der Waals surface area contributed by atoms with Gasteiger partial charge in [0, 0.05) is 31.1 Å². The van der Waals surface area contributed by atoms with Crippen molar-refractivity contribution in [3.8, 4) is 11.3 Å². The number of rotatable bonds is 10. The van der Waals surface area contributed by atoms with Crippen LogP contribution in [0.2, 0.25) is 18.1 Å². The Hall–Kier alpha value is -2.39. The molecule has 1 heterocycles. The first kappa shape index (κ1) is 25.9. The van der Waals surface area contributed by atoms with Crippen molar-refractivity contribution in [3.05, 3.63) is 41.9 Å². The van der Waals surface area contributed by atoms with Crippen molar-refractivity contribution in [1.82, 2.24) is 9.55 Å². The first-order valence-corrected chi connectivity index (χ1v) is 13.8. The molecular formula is C23H36BN3O4Si. The lowest BCUT2D eigenvalue weighted by molar-refractivity contribution is -0.142. The molecule has 7 nitrogen and oxygen atoms in total. The van der Waals surface area contributed by atoms with Crippen LogP contribution >= 0.6 is 0 Å². The van der Waals surface area contributed by atoms with Crippen molar-refractivity contribution in [2.75, 3.05) is 7.11 Å². The zero-order chi connectivity index (χ0) is 24.1. The Morgan fingerprint density at radius 3 is 2.50 bits per heavy atom. The molecule has 0 radical (unpaired) electrons. The van der Waals surface area contributed by atoms with Gasteiger partial charge in [0.25, 0.3) is 0 Å². The van der Waals surface area contributed by atoms with Gasteiger partial charge in [-0.1, -0.05) is 45.0 Å². The molecule has 0 amide bonds. The summed E-state index contributed by atoms with van der Waals surface area (Å²) >= 11 is 0. The van der Waals surface area contributed by atoms with Crippen LogP contribution in [-0.2, 0) is 27.7 Å². The van der Waals surface area contributed by atoms with Crippen molar-refractivity contribution < 1.29 is 19.0 Å². The molecule has 2 aromatic rings. The van der Waals surface area contributed by atoms with Gasteiger partial charge in [0.15, 0.2) is 20.8 Å². The van der Waals surface area contributed by atoms with Crippen LogP contribution in [0.1, 0.15) is 44.5 Å². The second-order valence-electron chi connectivity index (χ2n) is 9.57. The maximum absolute atomic E-state index is 12.0. The molecule has 1 aromatic carbocycles. The molecule has 0 bridgehead atoms. The first-order chi connectivity index (χ1) is 14.9. The Morgan fingerprint density at radius 2 is 1.97 bits per heavy atom. The summed E-state index contributed by atoms with van der Waals surface area (Å²) in [5.74, 6) is 0.833. The lowest BCUT2D eigenvalue weighted by atomic mass is 9.97. The molecular weight excluding hydrogens is 421 g/mol. The van der Waals surface area contributed by atoms with E-state index in [1.807, 2.05) is 50.6 Å². The summed E-state index contributed by atoms with van der Waals surface area (Å²) < 4.78 is 11.7. The van der Waals surface area contributed by atoms with Crippen LogP contribution in [0.15, 0.2) is 35.5 Å². The molecule has 32 heavy (non-hydrogen) atoms. The Labute approximate surface area is 193 Å². The number of hydrogen-bond donors (Lipinski definition) is 1. The Balaban J connectivity index is 2.18. The van der Waals surface area contributed by atoms with Crippen molar-refractivity contribution in [3.63, 3.8) is 0 Å². The third-order valence-electron chi connectivity index (χ3n) is 6.32. The topological polar surface area (TPSA) is 85.9 Å². The van der Waals surface area contributed by atoms with Crippen LogP contribution in [0.3, 0.4) is 0 Å². The highest BCUT2D eigenvalue weighted by molar-refractivity contribution is 6.72. The molecule has 0 saturated carbocycles. The van der Waals surface area contributed by atoms with E-state index in [4.69, 9.17) is 14.4 Å². The molecule has 1 N–H and O–H groups in total. The third-order valence-corrected chi connectivity index (χ3v) is 9.84. The van der Waals surface area contributed by atoms with E-state index in [2.05, 4.69) is 30.3 Å². The fourth-order valence-electron chi connectivity index (χ4n) is 3.69. The second-order valence-corrected chi connectivity index (χ2v) is 14.0. The van der Waals surface area contributed by atoms with Crippen molar-refractivity contribution in [1.29, 1.82) is 0 Å². The molecule has 2 atom stereocenters. The minimum Gasteiger partial charge on any atom is -0.560 e. The monoisotopic (exact) mass is 457 g/mol. The summed E-state index contributed by atoms with van der Waals surface area (Å²) in [5.41, 5.74) is 2.88. The molecule has 174 valence electrons. The zero-order valence-corrected chi connectivity index (χ0v) is 21.5. The van der Waals surface area contributed by atoms with E-state index < -0.39 is 20.3 Å². The SMILES string of the molecule is BOC=NC(Cc1ccc(-c2cn(C)c(C(C)CC(C)(C)[Si](C)(C)O)n2)cc1)C(=O)OC. The Kier molecular flexibility index (Phi) is 8.48. The van der Waals surface area contributed by atoms with Gasteiger partial charge in [0.1, 0.15) is 5.82 Å². The summed E-state index contributed by atoms with van der Waals surface area (Å²) in [6.07, 6.45) is 4.60. The molecule has 2 rings (SSSR count). The highest BCUT2D eigenvalue weighted by Crippen LogP contribution is 2.43. The van der Waals surface area contributed by atoms with E-state index in [1.165, 1.54) is 21.6 Å². The predicted octanol–water partition coefficient (Wildman–Crippen LogP) is 3.24. The number of nitrogens with zero attached hydrogens (tertiary/aromatic N) is 3. The summed E-state index contributed by atoms with van der Waals surface area (Å²) in [7, 11) is 2.57. The average molecular weight is 457 g/mol. The van der Waals surface area contributed by atoms with Gasteiger partial charge in [-0.3, -0.25) is 0 Å². The molecule has 0 saturated heterocycles. The Bertz CT molecular complexity index is 936. The zero-order valence-electron chi connectivity index (χ0n) is 20.5. The summed E-state index contributed by atoms with van der Waals surface area (Å²) in [4.78, 5) is 31.6. The van der Waals surface area contributed by atoms with Crippen LogP contribution in [0.25, 0.3) is 11.3 Å². The van der Waals surface area contributed by atoms with Gasteiger partial charge < -0.3 is 18.8 Å². The van der Waals surface area contributed by atoms with Crippen LogP contribution in [0.4, 0.5) is 0 Å². The van der Waals surface area contributed by atoms with Gasteiger partial charge in [-0.25, -0.2) is 14.8 Å². The van der Waals surface area contributed by atoms with E-state index in [1.54, 1.807) is 0 Å². The van der Waals surface area contributed by atoms with E-state index in [0.29, 0.717) is 6.42 Å². The smallest absolute Gasteiger partial charge is 0.331 e. The lowest BCUT2D eigenvalue weighted by Crippen LogP contribution is -2.39. The molecule has 0 aliphatic rings. The first-order valence-electron chi connectivity index (χ1n) is 10.9. The third kappa shape index (κ3) is 6.32. The number of carbonyl (C=O) groups excluding carboxylic acids is 1. The normalized spacial score (nSPS) is 14.4. The average Bonchev–Trinajstić information content (AvgIpc) is 3.11. The van der Waals surface area contributed by atoms with Crippen LogP contribution in [0.5, 0.6) is 0 Å². The fourth-order valence-corrected chi connectivity index (χ4v) is 4.49. The second kappa shape index (κ2) is 10.5. The fraction of sp³-hybridized carbons (Fsp3) is 0.522. The number of aliphatic imine (C=N–C) groups is 1. The number of esters is 1. The van der Waals surface area contributed by atoms with E-state index >= 15 is 0 Å². The number of carbonyl (C=O) groups is 1. The summed E-state index contributed by atoms with van der Waals surface area (Å²) in [6, 6.07) is 7.33. The van der Waals surface area contributed by atoms with Crippen molar-refractivity contribution >= 4 is 28.7 Å². The molecule has 2 unspecified atom stereocenters. The number of hydrogen-bond acceptors (Lipinski definition) is 6. The minimum atomic E-state index is -2.28. The van der Waals surface area contributed by atoms with Crippen LogP contribution < -0.4 is 0 Å². The molecule has 0 aliphatic carbocycles. The number of aryl methyl sites for hydroxylation is 1. The number of ether oxygens (including phenoxy) is 1. The van der Waals surface area contributed by atoms with Gasteiger partial charge in [-0.05, 0) is 30.1 Å². The van der Waals surface area contributed by atoms with Gasteiger partial charge in [0.2, 0.25) is 0 Å². The van der Waals surface area contributed by atoms with Crippen LogP contribution in [0, 0.1) is 0 Å². The maximum atomic E-state index is 12.0. The standard InChI is InChI=1S/C23H36BN3O4Si/c1-16(13-23(2,3)32(6,7)29)21-26-20(14-27(21)4)18-10-8-17(9-11-18)12-19(22(28)30-5)25-15-31-24/h8-11,14-16,19,29H,12-13,24H2,1-7H3. The predicted molar refractivity (Wildman–Crippen MR) is 133 cm³/mol. The highest BCUT2D eigenvalue weighted by atomic mass is 28.4. The molecule has 0 aliphatic heterocycles. The molecule has 0 spiro atoms. The summed E-state index contributed by atoms with van der Waals surface area (Å²) in [5, 5.41) is -0.109. The van der Waals surface area contributed by atoms with E-state index in [9.17, 15) is 9.59 Å². The van der Waals surface area contributed by atoms with E-state index in [-0.39, 0.29) is 11.0 Å². The number of benzene rings is 1. The lowest BCUT2D eigenvalue weighted by Gasteiger charge is -2.36. The minimum absolute atomic E-state index is 0.109. The Morgan fingerprint density at radius 1 is 1.34 bits per heavy atom. The quantitative estimate of drug-likeness (QED) is 0.256. The van der Waals surface area contributed by atoms with Gasteiger partial charge >= 0.3 is 14.0 Å².